The summed E-state index contributed by atoms with van der Waals surface area (Å²) in [6.07, 6.45) is 3.77. The number of nitrogens with one attached hydrogen (secondary N) is 1. The first-order chi connectivity index (χ1) is 8.64. The van der Waals surface area contributed by atoms with Crippen LogP contribution in [0, 0.1) is 12.3 Å². The Hall–Kier alpha value is -1.22. The van der Waals surface area contributed by atoms with Crippen molar-refractivity contribution in [3.05, 3.63) is 23.3 Å². The van der Waals surface area contributed by atoms with E-state index in [2.05, 4.69) is 24.4 Å². The van der Waals surface area contributed by atoms with Crippen molar-refractivity contribution in [1.29, 1.82) is 0 Å². The van der Waals surface area contributed by atoms with Gasteiger partial charge in [0.1, 0.15) is 0 Å². The van der Waals surface area contributed by atoms with E-state index in [9.17, 15) is 0 Å². The summed E-state index contributed by atoms with van der Waals surface area (Å²) >= 11 is 0. The number of aryl methyl sites for hydroxylation is 1. The molecular weight excluding hydrogens is 226 g/mol. The number of hydrogen-bond donors (Lipinski definition) is 1. The lowest BCUT2D eigenvalue weighted by Crippen LogP contribution is -2.22. The molecule has 0 amide bonds. The fourth-order valence-electron chi connectivity index (χ4n) is 2.59. The average molecular weight is 249 g/mol. The zero-order chi connectivity index (χ0) is 13.2. The van der Waals surface area contributed by atoms with Crippen LogP contribution in [-0.2, 0) is 6.42 Å². The summed E-state index contributed by atoms with van der Waals surface area (Å²) in [4.78, 5) is 0. The lowest BCUT2D eigenvalue weighted by molar-refractivity contribution is 0.353. The maximum atomic E-state index is 5.39. The predicted octanol–water partition coefficient (Wildman–Crippen LogP) is 2.55. The van der Waals surface area contributed by atoms with Crippen molar-refractivity contribution in [2.75, 3.05) is 27.8 Å². The molecule has 2 rings (SSSR count). The Balaban J connectivity index is 2.23. The van der Waals surface area contributed by atoms with Crippen LogP contribution >= 0.6 is 0 Å². The Bertz CT molecular complexity index is 425. The van der Waals surface area contributed by atoms with Crippen molar-refractivity contribution < 1.29 is 9.47 Å². The molecule has 0 saturated heterocycles. The third kappa shape index (κ3) is 2.61. The van der Waals surface area contributed by atoms with Gasteiger partial charge < -0.3 is 14.8 Å². The fraction of sp³-hybridized carbons (Fsp3) is 0.600. The zero-order valence-electron chi connectivity index (χ0n) is 11.8. The van der Waals surface area contributed by atoms with Crippen LogP contribution in [0.1, 0.15) is 24.0 Å². The molecule has 3 nitrogen and oxygen atoms in total. The maximum Gasteiger partial charge on any atom is 0.161 e. The van der Waals surface area contributed by atoms with E-state index >= 15 is 0 Å². The molecule has 100 valence electrons. The second-order valence-electron chi connectivity index (χ2n) is 5.34. The summed E-state index contributed by atoms with van der Waals surface area (Å²) in [5.41, 5.74) is 3.13. The van der Waals surface area contributed by atoms with E-state index in [0.717, 1.165) is 24.5 Å². The van der Waals surface area contributed by atoms with Gasteiger partial charge in [-0.05, 0) is 61.9 Å². The van der Waals surface area contributed by atoms with Gasteiger partial charge in [-0.2, -0.15) is 0 Å². The molecule has 18 heavy (non-hydrogen) atoms. The average Bonchev–Trinajstić information content (AvgIpc) is 3.11. The molecule has 0 bridgehead atoms. The molecule has 0 aromatic heterocycles. The molecule has 0 aliphatic heterocycles. The number of ether oxygens (including phenoxy) is 2. The van der Waals surface area contributed by atoms with Crippen LogP contribution in [-0.4, -0.2) is 27.8 Å². The third-order valence-electron chi connectivity index (χ3n) is 3.92. The van der Waals surface area contributed by atoms with Crippen LogP contribution in [0.25, 0.3) is 0 Å². The summed E-state index contributed by atoms with van der Waals surface area (Å²) in [5, 5.41) is 3.31. The lowest BCUT2D eigenvalue weighted by atomic mass is 9.93. The Morgan fingerprint density at radius 1 is 1.17 bits per heavy atom. The van der Waals surface area contributed by atoms with Crippen molar-refractivity contribution in [2.45, 2.75) is 26.2 Å². The quantitative estimate of drug-likeness (QED) is 0.840. The highest BCUT2D eigenvalue weighted by molar-refractivity contribution is 5.47. The van der Waals surface area contributed by atoms with Crippen LogP contribution in [0.5, 0.6) is 11.5 Å². The summed E-state index contributed by atoms with van der Waals surface area (Å²) in [6, 6.07) is 4.20. The van der Waals surface area contributed by atoms with Crippen molar-refractivity contribution in [1.82, 2.24) is 5.32 Å². The maximum absolute atomic E-state index is 5.39. The van der Waals surface area contributed by atoms with Gasteiger partial charge in [0.25, 0.3) is 0 Å². The summed E-state index contributed by atoms with van der Waals surface area (Å²) < 4.78 is 10.7. The van der Waals surface area contributed by atoms with Crippen LogP contribution in [0.4, 0.5) is 0 Å². The second kappa shape index (κ2) is 5.19. The van der Waals surface area contributed by atoms with Gasteiger partial charge in [0, 0.05) is 6.54 Å². The molecule has 0 radical (unpaired) electrons. The summed E-state index contributed by atoms with van der Waals surface area (Å²) in [5.74, 6) is 1.65. The van der Waals surface area contributed by atoms with Crippen molar-refractivity contribution >= 4 is 0 Å². The molecule has 3 heteroatoms. The van der Waals surface area contributed by atoms with Gasteiger partial charge in [0.15, 0.2) is 11.5 Å². The van der Waals surface area contributed by atoms with E-state index in [0.29, 0.717) is 5.41 Å². The smallest absolute Gasteiger partial charge is 0.161 e. The normalized spacial score (nSPS) is 16.4. The molecular formula is C15H23NO2. The summed E-state index contributed by atoms with van der Waals surface area (Å²) in [7, 11) is 5.40. The van der Waals surface area contributed by atoms with E-state index in [1.165, 1.54) is 24.0 Å². The summed E-state index contributed by atoms with van der Waals surface area (Å²) in [6.45, 7) is 3.24. The monoisotopic (exact) mass is 249 g/mol. The highest BCUT2D eigenvalue weighted by Gasteiger charge is 2.42. The van der Waals surface area contributed by atoms with Gasteiger partial charge in [-0.3, -0.25) is 0 Å². The molecule has 1 saturated carbocycles. The molecule has 1 aromatic carbocycles. The predicted molar refractivity (Wildman–Crippen MR) is 73.6 cm³/mol. The van der Waals surface area contributed by atoms with Gasteiger partial charge in [-0.15, -0.1) is 0 Å². The highest BCUT2D eigenvalue weighted by Crippen LogP contribution is 2.48. The SMILES string of the molecule is CNCC1(Cc2cc(OC)c(OC)cc2C)CC1. The van der Waals surface area contributed by atoms with Crippen molar-refractivity contribution in [2.24, 2.45) is 5.41 Å². The Kier molecular flexibility index (Phi) is 3.81. The first-order valence-corrected chi connectivity index (χ1v) is 6.50. The van der Waals surface area contributed by atoms with Gasteiger partial charge in [-0.1, -0.05) is 0 Å². The van der Waals surface area contributed by atoms with Crippen LogP contribution in [0.15, 0.2) is 12.1 Å². The van der Waals surface area contributed by atoms with E-state index in [-0.39, 0.29) is 0 Å². The number of benzene rings is 1. The van der Waals surface area contributed by atoms with E-state index in [4.69, 9.17) is 9.47 Å². The van der Waals surface area contributed by atoms with Crippen molar-refractivity contribution in [3.63, 3.8) is 0 Å². The first kappa shape index (κ1) is 13.2. The minimum atomic E-state index is 0.471. The first-order valence-electron chi connectivity index (χ1n) is 6.50. The molecule has 0 heterocycles. The molecule has 1 aliphatic rings. The molecule has 1 aliphatic carbocycles. The van der Waals surface area contributed by atoms with Gasteiger partial charge in [-0.25, -0.2) is 0 Å². The van der Waals surface area contributed by atoms with E-state index in [1.54, 1.807) is 14.2 Å². The van der Waals surface area contributed by atoms with Crippen molar-refractivity contribution in [3.8, 4) is 11.5 Å². The Morgan fingerprint density at radius 3 is 2.28 bits per heavy atom. The largest absolute Gasteiger partial charge is 0.493 e. The second-order valence-corrected chi connectivity index (χ2v) is 5.34. The van der Waals surface area contributed by atoms with Crippen LogP contribution < -0.4 is 14.8 Å². The highest BCUT2D eigenvalue weighted by atomic mass is 16.5. The third-order valence-corrected chi connectivity index (χ3v) is 3.92. The van der Waals surface area contributed by atoms with Crippen LogP contribution in [0.2, 0.25) is 0 Å². The van der Waals surface area contributed by atoms with Gasteiger partial charge >= 0.3 is 0 Å². The Morgan fingerprint density at radius 2 is 1.78 bits per heavy atom. The molecule has 0 spiro atoms. The fourth-order valence-corrected chi connectivity index (χ4v) is 2.59. The number of hydrogen-bond acceptors (Lipinski definition) is 3. The molecule has 0 unspecified atom stereocenters. The van der Waals surface area contributed by atoms with Gasteiger partial charge in [0.05, 0.1) is 14.2 Å². The van der Waals surface area contributed by atoms with E-state index in [1.807, 2.05) is 7.05 Å². The van der Waals surface area contributed by atoms with E-state index < -0.39 is 0 Å². The minimum Gasteiger partial charge on any atom is -0.493 e. The standard InChI is InChI=1S/C15H23NO2/c1-11-7-13(17-3)14(18-4)8-12(11)9-15(5-6-15)10-16-2/h7-8,16H,5-6,9-10H2,1-4H3. The number of rotatable bonds is 6. The topological polar surface area (TPSA) is 30.5 Å². The molecule has 1 fully saturated rings. The minimum absolute atomic E-state index is 0.471. The van der Waals surface area contributed by atoms with Gasteiger partial charge in [0.2, 0.25) is 0 Å². The lowest BCUT2D eigenvalue weighted by Gasteiger charge is -2.18. The number of methoxy groups -OCH3 is 2. The molecule has 1 aromatic rings. The Labute approximate surface area is 109 Å². The zero-order valence-corrected chi connectivity index (χ0v) is 11.8. The molecule has 0 atom stereocenters. The molecule has 1 N–H and O–H groups in total. The van der Waals surface area contributed by atoms with Crippen LogP contribution in [0.3, 0.4) is 0 Å².